The molecule has 6 heteroatoms. The van der Waals surface area contributed by atoms with Gasteiger partial charge in [-0.15, -0.1) is 0 Å². The molecule has 1 N–H and O–H groups in total. The van der Waals surface area contributed by atoms with Crippen LogP contribution < -0.4 is 5.32 Å². The smallest absolute Gasteiger partial charge is 0.249 e. The van der Waals surface area contributed by atoms with Crippen LogP contribution in [-0.2, 0) is 14.4 Å². The van der Waals surface area contributed by atoms with Gasteiger partial charge in [0.05, 0.1) is 0 Å². The summed E-state index contributed by atoms with van der Waals surface area (Å²) >= 11 is 3.63. The summed E-state index contributed by atoms with van der Waals surface area (Å²) in [6.45, 7) is 0.665. The molecule has 2 heterocycles. The Morgan fingerprint density at radius 1 is 1.16 bits per heavy atom. The second-order valence-electron chi connectivity index (χ2n) is 5.73. The molecule has 19 heavy (non-hydrogen) atoms. The molecule has 1 saturated carbocycles. The van der Waals surface area contributed by atoms with Crippen molar-refractivity contribution in [1.82, 2.24) is 10.2 Å². The molecule has 0 radical (unpaired) electrons. The fourth-order valence-electron chi connectivity index (χ4n) is 3.55. The van der Waals surface area contributed by atoms with Crippen molar-refractivity contribution >= 4 is 33.7 Å². The maximum absolute atomic E-state index is 12.4. The van der Waals surface area contributed by atoms with E-state index in [1.807, 2.05) is 0 Å². The standard InChI is InChI=1S/C13H17BrN2O3/c14-8-1-2-9-7(5-8)6-16(13(9)19)10-3-4-11(17)15-12(10)18/h7-10H,1-6H2,(H,15,17,18). The quantitative estimate of drug-likeness (QED) is 0.572. The van der Waals surface area contributed by atoms with E-state index >= 15 is 0 Å². The molecule has 5 nitrogen and oxygen atoms in total. The second-order valence-corrected chi connectivity index (χ2v) is 7.03. The van der Waals surface area contributed by atoms with Gasteiger partial charge in [-0.05, 0) is 31.6 Å². The zero-order valence-electron chi connectivity index (χ0n) is 10.6. The van der Waals surface area contributed by atoms with Crippen molar-refractivity contribution < 1.29 is 14.4 Å². The van der Waals surface area contributed by atoms with Crippen molar-refractivity contribution in [3.05, 3.63) is 0 Å². The van der Waals surface area contributed by atoms with Gasteiger partial charge in [-0.1, -0.05) is 15.9 Å². The van der Waals surface area contributed by atoms with Crippen molar-refractivity contribution in [2.24, 2.45) is 11.8 Å². The molecule has 0 spiro atoms. The molecule has 0 aromatic heterocycles. The number of piperidine rings is 1. The van der Waals surface area contributed by atoms with E-state index in [0.29, 0.717) is 30.1 Å². The Balaban J connectivity index is 1.74. The molecule has 0 aromatic rings. The summed E-state index contributed by atoms with van der Waals surface area (Å²) in [5, 5.41) is 2.34. The first-order valence-electron chi connectivity index (χ1n) is 6.84. The highest BCUT2D eigenvalue weighted by molar-refractivity contribution is 9.09. The van der Waals surface area contributed by atoms with Crippen LogP contribution >= 0.6 is 15.9 Å². The number of alkyl halides is 1. The molecular formula is C13H17BrN2O3. The molecule has 4 unspecified atom stereocenters. The van der Waals surface area contributed by atoms with E-state index in [9.17, 15) is 14.4 Å². The van der Waals surface area contributed by atoms with Crippen LogP contribution in [0.15, 0.2) is 0 Å². The topological polar surface area (TPSA) is 66.5 Å². The van der Waals surface area contributed by atoms with E-state index in [0.717, 1.165) is 19.3 Å². The molecule has 4 atom stereocenters. The monoisotopic (exact) mass is 328 g/mol. The number of nitrogens with one attached hydrogen (secondary N) is 1. The Morgan fingerprint density at radius 2 is 1.95 bits per heavy atom. The first-order chi connectivity index (χ1) is 9.06. The lowest BCUT2D eigenvalue weighted by atomic mass is 9.81. The Bertz CT molecular complexity index is 440. The van der Waals surface area contributed by atoms with E-state index in [1.165, 1.54) is 0 Å². The highest BCUT2D eigenvalue weighted by Gasteiger charge is 2.47. The molecule has 3 fully saturated rings. The van der Waals surface area contributed by atoms with E-state index in [1.54, 1.807) is 4.90 Å². The molecule has 104 valence electrons. The van der Waals surface area contributed by atoms with Gasteiger partial charge in [0.2, 0.25) is 17.7 Å². The Hall–Kier alpha value is -0.910. The number of amides is 3. The Morgan fingerprint density at radius 3 is 2.68 bits per heavy atom. The number of carbonyl (C=O) groups excluding carboxylic acids is 3. The third-order valence-electron chi connectivity index (χ3n) is 4.54. The molecular weight excluding hydrogens is 312 g/mol. The van der Waals surface area contributed by atoms with Crippen molar-refractivity contribution in [3.8, 4) is 0 Å². The highest BCUT2D eigenvalue weighted by atomic mass is 79.9. The third kappa shape index (κ3) is 2.30. The number of likely N-dealkylation sites (tertiary alicyclic amines) is 1. The van der Waals surface area contributed by atoms with E-state index in [-0.39, 0.29) is 23.6 Å². The number of carbonyl (C=O) groups is 3. The van der Waals surface area contributed by atoms with Gasteiger partial charge in [0.1, 0.15) is 6.04 Å². The van der Waals surface area contributed by atoms with Crippen LogP contribution in [0.25, 0.3) is 0 Å². The summed E-state index contributed by atoms with van der Waals surface area (Å²) in [6.07, 6.45) is 3.73. The van der Waals surface area contributed by atoms with E-state index in [4.69, 9.17) is 0 Å². The molecule has 1 aliphatic carbocycles. The van der Waals surface area contributed by atoms with Crippen LogP contribution in [0.2, 0.25) is 0 Å². The van der Waals surface area contributed by atoms with E-state index < -0.39 is 6.04 Å². The minimum atomic E-state index is -0.440. The van der Waals surface area contributed by atoms with Gasteiger partial charge in [0.15, 0.2) is 0 Å². The van der Waals surface area contributed by atoms with Gasteiger partial charge in [-0.3, -0.25) is 19.7 Å². The van der Waals surface area contributed by atoms with Crippen molar-refractivity contribution in [3.63, 3.8) is 0 Å². The number of rotatable bonds is 1. The Labute approximate surface area is 120 Å². The zero-order chi connectivity index (χ0) is 13.6. The average Bonchev–Trinajstić information content (AvgIpc) is 2.66. The van der Waals surface area contributed by atoms with Crippen LogP contribution in [0.5, 0.6) is 0 Å². The highest BCUT2D eigenvalue weighted by Crippen LogP contribution is 2.40. The average molecular weight is 329 g/mol. The molecule has 2 aliphatic heterocycles. The summed E-state index contributed by atoms with van der Waals surface area (Å²) in [5.74, 6) is 0.0126. The van der Waals surface area contributed by atoms with Crippen molar-refractivity contribution in [2.45, 2.75) is 43.0 Å². The lowest BCUT2D eigenvalue weighted by Gasteiger charge is -2.29. The molecule has 0 aromatic carbocycles. The summed E-state index contributed by atoms with van der Waals surface area (Å²) < 4.78 is 0. The lowest BCUT2D eigenvalue weighted by Crippen LogP contribution is -2.53. The van der Waals surface area contributed by atoms with Gasteiger partial charge >= 0.3 is 0 Å². The normalized spacial score (nSPS) is 39.2. The summed E-state index contributed by atoms with van der Waals surface area (Å²) in [5.41, 5.74) is 0. The second kappa shape index (κ2) is 4.89. The van der Waals surface area contributed by atoms with Crippen molar-refractivity contribution in [1.29, 1.82) is 0 Å². The molecule has 3 rings (SSSR count). The fourth-order valence-corrected chi connectivity index (χ4v) is 4.29. The minimum absolute atomic E-state index is 0.0826. The molecule has 3 aliphatic rings. The number of hydrogen-bond acceptors (Lipinski definition) is 3. The predicted molar refractivity (Wildman–Crippen MR) is 71.4 cm³/mol. The Kier molecular flexibility index (Phi) is 3.37. The van der Waals surface area contributed by atoms with Gasteiger partial charge in [-0.2, -0.15) is 0 Å². The molecule has 0 bridgehead atoms. The van der Waals surface area contributed by atoms with Gasteiger partial charge in [0, 0.05) is 23.7 Å². The van der Waals surface area contributed by atoms with Crippen LogP contribution in [0, 0.1) is 11.8 Å². The number of hydrogen-bond donors (Lipinski definition) is 1. The number of fused-ring (bicyclic) bond motifs is 1. The lowest BCUT2D eigenvalue weighted by molar-refractivity contribution is -0.144. The largest absolute Gasteiger partial charge is 0.330 e. The number of halogens is 1. The third-order valence-corrected chi connectivity index (χ3v) is 5.37. The maximum atomic E-state index is 12.4. The van der Waals surface area contributed by atoms with Gasteiger partial charge in [0.25, 0.3) is 0 Å². The molecule has 3 amide bonds. The van der Waals surface area contributed by atoms with Crippen LogP contribution in [0.4, 0.5) is 0 Å². The summed E-state index contributed by atoms with van der Waals surface area (Å²) in [7, 11) is 0. The summed E-state index contributed by atoms with van der Waals surface area (Å²) in [4.78, 5) is 37.7. The van der Waals surface area contributed by atoms with Gasteiger partial charge in [-0.25, -0.2) is 0 Å². The minimum Gasteiger partial charge on any atom is -0.330 e. The molecule has 2 saturated heterocycles. The van der Waals surface area contributed by atoms with E-state index in [2.05, 4.69) is 21.2 Å². The van der Waals surface area contributed by atoms with Gasteiger partial charge < -0.3 is 4.90 Å². The fraction of sp³-hybridized carbons (Fsp3) is 0.769. The SMILES string of the molecule is O=C1CCC(N2CC3CC(Br)CCC3C2=O)C(=O)N1. The van der Waals surface area contributed by atoms with Crippen LogP contribution in [0.1, 0.15) is 32.1 Å². The number of imide groups is 1. The van der Waals surface area contributed by atoms with Crippen LogP contribution in [0.3, 0.4) is 0 Å². The van der Waals surface area contributed by atoms with Crippen LogP contribution in [-0.4, -0.2) is 40.0 Å². The maximum Gasteiger partial charge on any atom is 0.249 e. The van der Waals surface area contributed by atoms with Crippen molar-refractivity contribution in [2.75, 3.05) is 6.54 Å². The predicted octanol–water partition coefficient (Wildman–Crippen LogP) is 0.814. The summed E-state index contributed by atoms with van der Waals surface area (Å²) in [6, 6.07) is -0.440. The first-order valence-corrected chi connectivity index (χ1v) is 7.76. The zero-order valence-corrected chi connectivity index (χ0v) is 12.2. The first kappa shape index (κ1) is 13.1. The number of nitrogens with zero attached hydrogens (tertiary/aromatic N) is 1.